The molecule has 1 fully saturated rings. The van der Waals surface area contributed by atoms with Gasteiger partial charge in [0.2, 0.25) is 0 Å². The standard InChI is InChI=1S/C10H7F3O2S2/c11-5-3-4-7(17-5)6(9(12)13)8(16-4)10-14-1-2-15-10/h3,9-10H,1-2H2. The summed E-state index contributed by atoms with van der Waals surface area (Å²) in [4.78, 5) is 0.360. The van der Waals surface area contributed by atoms with Crippen LogP contribution in [0.1, 0.15) is 23.2 Å². The molecule has 3 rings (SSSR count). The van der Waals surface area contributed by atoms with Gasteiger partial charge in [-0.3, -0.25) is 0 Å². The van der Waals surface area contributed by atoms with E-state index in [1.54, 1.807) is 0 Å². The highest BCUT2D eigenvalue weighted by Crippen LogP contribution is 2.45. The molecule has 0 amide bonds. The molecule has 2 aromatic heterocycles. The maximum Gasteiger partial charge on any atom is 0.266 e. The normalized spacial score (nSPS) is 17.6. The van der Waals surface area contributed by atoms with Crippen molar-refractivity contribution in [3.63, 3.8) is 0 Å². The number of halogens is 3. The Labute approximate surface area is 103 Å². The van der Waals surface area contributed by atoms with Gasteiger partial charge in [0.1, 0.15) is 0 Å². The van der Waals surface area contributed by atoms with Crippen LogP contribution in [0.15, 0.2) is 6.07 Å². The molecule has 0 aromatic carbocycles. The van der Waals surface area contributed by atoms with Crippen LogP contribution in [0.25, 0.3) is 9.40 Å². The van der Waals surface area contributed by atoms with Gasteiger partial charge in [-0.1, -0.05) is 0 Å². The lowest BCUT2D eigenvalue weighted by molar-refractivity contribution is -0.0434. The third kappa shape index (κ3) is 1.87. The van der Waals surface area contributed by atoms with Gasteiger partial charge in [-0.05, 0) is 0 Å². The second-order valence-electron chi connectivity index (χ2n) is 3.50. The number of ether oxygens (including phenoxy) is 2. The van der Waals surface area contributed by atoms with E-state index in [9.17, 15) is 13.2 Å². The van der Waals surface area contributed by atoms with E-state index in [1.807, 2.05) is 0 Å². The lowest BCUT2D eigenvalue weighted by Crippen LogP contribution is -1.99. The second kappa shape index (κ2) is 4.24. The first kappa shape index (κ1) is 11.5. The summed E-state index contributed by atoms with van der Waals surface area (Å²) < 4.78 is 50.4. The predicted molar refractivity (Wildman–Crippen MR) is 59.3 cm³/mol. The molecular weight excluding hydrogens is 273 g/mol. The second-order valence-corrected chi connectivity index (χ2v) is 5.58. The Balaban J connectivity index is 2.15. The van der Waals surface area contributed by atoms with Crippen molar-refractivity contribution in [2.45, 2.75) is 12.7 Å². The Morgan fingerprint density at radius 3 is 2.59 bits per heavy atom. The van der Waals surface area contributed by atoms with Gasteiger partial charge in [-0.15, -0.1) is 22.7 Å². The molecule has 2 aromatic rings. The average molecular weight is 280 g/mol. The fourth-order valence-corrected chi connectivity index (χ4v) is 4.15. The highest BCUT2D eigenvalue weighted by molar-refractivity contribution is 7.27. The molecule has 17 heavy (non-hydrogen) atoms. The van der Waals surface area contributed by atoms with Gasteiger partial charge in [0.15, 0.2) is 11.4 Å². The molecule has 0 saturated carbocycles. The van der Waals surface area contributed by atoms with Crippen molar-refractivity contribution in [3.8, 4) is 0 Å². The van der Waals surface area contributed by atoms with Crippen LogP contribution >= 0.6 is 22.7 Å². The van der Waals surface area contributed by atoms with E-state index in [1.165, 1.54) is 6.07 Å². The summed E-state index contributed by atoms with van der Waals surface area (Å²) in [6.07, 6.45) is -3.38. The summed E-state index contributed by atoms with van der Waals surface area (Å²) in [5, 5.41) is -0.451. The minimum absolute atomic E-state index is 0.147. The third-order valence-corrected chi connectivity index (χ3v) is 4.71. The smallest absolute Gasteiger partial charge is 0.266 e. The molecule has 0 unspecified atom stereocenters. The Hall–Kier alpha value is -0.630. The number of fused-ring (bicyclic) bond motifs is 1. The lowest BCUT2D eigenvalue weighted by atomic mass is 10.2. The number of hydrogen-bond donors (Lipinski definition) is 0. The summed E-state index contributed by atoms with van der Waals surface area (Å²) in [6.45, 7) is 0.792. The molecule has 0 radical (unpaired) electrons. The molecule has 1 aliphatic heterocycles. The fraction of sp³-hybridized carbons (Fsp3) is 0.400. The van der Waals surface area contributed by atoms with Crippen LogP contribution in [0.5, 0.6) is 0 Å². The average Bonchev–Trinajstić information content (AvgIpc) is 2.88. The van der Waals surface area contributed by atoms with Crippen molar-refractivity contribution < 1.29 is 22.6 Å². The van der Waals surface area contributed by atoms with Crippen LogP contribution in [-0.4, -0.2) is 13.2 Å². The molecule has 2 nitrogen and oxygen atoms in total. The number of rotatable bonds is 2. The lowest BCUT2D eigenvalue weighted by Gasteiger charge is -2.09. The number of thiophene rings is 2. The Morgan fingerprint density at radius 2 is 1.94 bits per heavy atom. The summed E-state index contributed by atoms with van der Waals surface area (Å²) in [5.74, 6) is 0. The quantitative estimate of drug-likeness (QED) is 0.825. The summed E-state index contributed by atoms with van der Waals surface area (Å²) in [6, 6.07) is 1.27. The van der Waals surface area contributed by atoms with Gasteiger partial charge in [0.25, 0.3) is 6.43 Å². The molecule has 0 atom stereocenters. The van der Waals surface area contributed by atoms with Gasteiger partial charge in [-0.2, -0.15) is 4.39 Å². The van der Waals surface area contributed by atoms with Crippen molar-refractivity contribution in [2.75, 3.05) is 13.2 Å². The molecular formula is C10H7F3O2S2. The summed E-state index contributed by atoms with van der Waals surface area (Å²) in [7, 11) is 0. The minimum atomic E-state index is -2.65. The van der Waals surface area contributed by atoms with E-state index < -0.39 is 17.8 Å². The van der Waals surface area contributed by atoms with Crippen LogP contribution in [0, 0.1) is 5.13 Å². The zero-order chi connectivity index (χ0) is 12.0. The monoisotopic (exact) mass is 280 g/mol. The molecule has 3 heterocycles. The zero-order valence-electron chi connectivity index (χ0n) is 8.41. The number of alkyl halides is 2. The predicted octanol–water partition coefficient (Wildman–Crippen LogP) is 4.08. The van der Waals surface area contributed by atoms with Gasteiger partial charge < -0.3 is 9.47 Å². The summed E-state index contributed by atoms with van der Waals surface area (Å²) in [5.41, 5.74) is -0.147. The van der Waals surface area contributed by atoms with Crippen LogP contribution in [0.3, 0.4) is 0 Å². The van der Waals surface area contributed by atoms with Gasteiger partial charge in [-0.25, -0.2) is 8.78 Å². The van der Waals surface area contributed by atoms with E-state index in [-0.39, 0.29) is 5.56 Å². The highest BCUT2D eigenvalue weighted by atomic mass is 32.1. The third-order valence-electron chi connectivity index (χ3n) is 2.45. The first-order chi connectivity index (χ1) is 8.16. The first-order valence-electron chi connectivity index (χ1n) is 4.90. The fourth-order valence-electron chi connectivity index (χ4n) is 1.79. The molecule has 0 spiro atoms. The van der Waals surface area contributed by atoms with Crippen molar-refractivity contribution >= 4 is 32.1 Å². The maximum absolute atomic E-state index is 13.0. The Bertz CT molecular complexity index is 543. The van der Waals surface area contributed by atoms with Crippen LogP contribution in [0.4, 0.5) is 13.2 Å². The topological polar surface area (TPSA) is 18.5 Å². The maximum atomic E-state index is 13.0. The minimum Gasteiger partial charge on any atom is -0.345 e. The zero-order valence-corrected chi connectivity index (χ0v) is 10.0. The molecule has 0 N–H and O–H groups in total. The SMILES string of the molecule is Fc1cc2sc(C3OCCO3)c(C(F)F)c2s1. The van der Waals surface area contributed by atoms with Crippen molar-refractivity contribution in [3.05, 3.63) is 21.6 Å². The molecule has 7 heteroatoms. The van der Waals surface area contributed by atoms with Crippen molar-refractivity contribution in [1.82, 2.24) is 0 Å². The molecule has 92 valence electrons. The van der Waals surface area contributed by atoms with E-state index in [4.69, 9.17) is 9.47 Å². The van der Waals surface area contributed by atoms with Crippen LogP contribution in [0.2, 0.25) is 0 Å². The van der Waals surface area contributed by atoms with Crippen LogP contribution < -0.4 is 0 Å². The molecule has 0 bridgehead atoms. The largest absolute Gasteiger partial charge is 0.345 e. The molecule has 0 aliphatic carbocycles. The van der Waals surface area contributed by atoms with Gasteiger partial charge in [0, 0.05) is 10.8 Å². The Kier molecular flexibility index (Phi) is 2.86. The van der Waals surface area contributed by atoms with E-state index in [2.05, 4.69) is 0 Å². The first-order valence-corrected chi connectivity index (χ1v) is 6.53. The Morgan fingerprint density at radius 1 is 1.24 bits per heavy atom. The van der Waals surface area contributed by atoms with Crippen molar-refractivity contribution in [2.24, 2.45) is 0 Å². The molecule has 1 aliphatic rings. The van der Waals surface area contributed by atoms with E-state index in [0.717, 1.165) is 22.7 Å². The van der Waals surface area contributed by atoms with E-state index >= 15 is 0 Å². The van der Waals surface area contributed by atoms with Crippen LogP contribution in [-0.2, 0) is 9.47 Å². The number of hydrogen-bond acceptors (Lipinski definition) is 4. The van der Waals surface area contributed by atoms with E-state index in [0.29, 0.717) is 27.5 Å². The molecule has 1 saturated heterocycles. The summed E-state index contributed by atoms with van der Waals surface area (Å²) >= 11 is 1.85. The van der Waals surface area contributed by atoms with Crippen molar-refractivity contribution in [1.29, 1.82) is 0 Å². The van der Waals surface area contributed by atoms with Gasteiger partial charge in [0.05, 0.1) is 28.4 Å². The van der Waals surface area contributed by atoms with Gasteiger partial charge >= 0.3 is 0 Å². The highest BCUT2D eigenvalue weighted by Gasteiger charge is 2.30.